The average Bonchev–Trinajstić information content (AvgIpc) is 2.99. The zero-order valence-corrected chi connectivity index (χ0v) is 17.2. The van der Waals surface area contributed by atoms with E-state index in [4.69, 9.17) is 4.74 Å². The number of nitrogens with zero attached hydrogens (tertiary/aromatic N) is 1. The Morgan fingerprint density at radius 3 is 2.56 bits per heavy atom. The van der Waals surface area contributed by atoms with E-state index in [1.54, 1.807) is 0 Å². The fourth-order valence-corrected chi connectivity index (χ4v) is 3.64. The van der Waals surface area contributed by atoms with Crippen LogP contribution in [0.2, 0.25) is 0 Å². The van der Waals surface area contributed by atoms with Gasteiger partial charge < -0.3 is 4.74 Å². The second kappa shape index (κ2) is 7.92. The molecule has 3 aromatic rings. The molecule has 0 aliphatic rings. The van der Waals surface area contributed by atoms with Gasteiger partial charge in [0.05, 0.1) is 5.69 Å². The van der Waals surface area contributed by atoms with Crippen molar-refractivity contribution in [1.29, 1.82) is 0 Å². The predicted molar refractivity (Wildman–Crippen MR) is 112 cm³/mol. The minimum Gasteiger partial charge on any atom is -0.483 e. The van der Waals surface area contributed by atoms with Gasteiger partial charge in [0, 0.05) is 10.4 Å². The molecular weight excluding hydrogens is 356 g/mol. The van der Waals surface area contributed by atoms with Crippen molar-refractivity contribution in [2.24, 2.45) is 0 Å². The van der Waals surface area contributed by atoms with Gasteiger partial charge in [-0.2, -0.15) is 0 Å². The predicted octanol–water partition coefficient (Wildman–Crippen LogP) is 5.37. The molecule has 0 saturated heterocycles. The first kappa shape index (κ1) is 19.1. The molecule has 0 bridgehead atoms. The average molecular weight is 381 g/mol. The number of thiazole rings is 1. The normalized spacial score (nSPS) is 10.7. The van der Waals surface area contributed by atoms with Crippen LogP contribution in [0.25, 0.3) is 11.3 Å². The molecule has 0 saturated carbocycles. The van der Waals surface area contributed by atoms with Gasteiger partial charge in [-0.15, -0.1) is 11.3 Å². The fourth-order valence-electron chi connectivity index (χ4n) is 2.79. The summed E-state index contributed by atoms with van der Waals surface area (Å²) < 4.78 is 5.67. The lowest BCUT2D eigenvalue weighted by molar-refractivity contribution is -0.118. The molecular formula is C22H24N2O2S. The molecule has 2 aromatic carbocycles. The van der Waals surface area contributed by atoms with Gasteiger partial charge in [0.15, 0.2) is 11.7 Å². The van der Waals surface area contributed by atoms with Crippen LogP contribution in [-0.4, -0.2) is 17.5 Å². The summed E-state index contributed by atoms with van der Waals surface area (Å²) in [4.78, 5) is 18.0. The summed E-state index contributed by atoms with van der Waals surface area (Å²) in [6, 6.07) is 12.1. The molecule has 0 atom stereocenters. The summed E-state index contributed by atoms with van der Waals surface area (Å²) in [7, 11) is 0. The van der Waals surface area contributed by atoms with Crippen LogP contribution in [0, 0.1) is 34.6 Å². The van der Waals surface area contributed by atoms with Crippen molar-refractivity contribution in [3.8, 4) is 17.0 Å². The molecule has 0 spiro atoms. The van der Waals surface area contributed by atoms with E-state index >= 15 is 0 Å². The molecule has 1 aromatic heterocycles. The van der Waals surface area contributed by atoms with E-state index in [2.05, 4.69) is 42.3 Å². The highest BCUT2D eigenvalue weighted by Crippen LogP contribution is 2.31. The molecule has 27 heavy (non-hydrogen) atoms. The van der Waals surface area contributed by atoms with Crippen LogP contribution >= 0.6 is 11.3 Å². The Balaban J connectivity index is 1.68. The number of hydrogen-bond donors (Lipinski definition) is 1. The zero-order valence-electron chi connectivity index (χ0n) is 16.3. The zero-order chi connectivity index (χ0) is 19.6. The maximum Gasteiger partial charge on any atom is 0.264 e. The second-order valence-corrected chi connectivity index (χ2v) is 7.96. The number of aryl methyl sites for hydroxylation is 4. The third-order valence-corrected chi connectivity index (χ3v) is 5.62. The third-order valence-electron chi connectivity index (χ3n) is 4.74. The first-order valence-corrected chi connectivity index (χ1v) is 9.70. The summed E-state index contributed by atoms with van der Waals surface area (Å²) >= 11 is 1.48. The quantitative estimate of drug-likeness (QED) is 0.647. The number of anilines is 1. The molecule has 0 radical (unpaired) electrons. The van der Waals surface area contributed by atoms with Crippen LogP contribution in [0.3, 0.4) is 0 Å². The third kappa shape index (κ3) is 4.37. The van der Waals surface area contributed by atoms with E-state index in [9.17, 15) is 4.79 Å². The highest BCUT2D eigenvalue weighted by Gasteiger charge is 2.13. The van der Waals surface area contributed by atoms with E-state index in [0.29, 0.717) is 5.13 Å². The number of benzene rings is 2. The first-order valence-electron chi connectivity index (χ1n) is 8.89. The maximum atomic E-state index is 12.3. The van der Waals surface area contributed by atoms with Gasteiger partial charge >= 0.3 is 0 Å². The number of carbonyl (C=O) groups is 1. The molecule has 5 heteroatoms. The Kier molecular flexibility index (Phi) is 5.61. The molecule has 3 rings (SSSR count). The summed E-state index contributed by atoms with van der Waals surface area (Å²) in [6.07, 6.45) is 0. The smallest absolute Gasteiger partial charge is 0.264 e. The molecule has 0 unspecified atom stereocenters. The lowest BCUT2D eigenvalue weighted by Crippen LogP contribution is -2.20. The maximum absolute atomic E-state index is 12.3. The minimum atomic E-state index is -0.212. The van der Waals surface area contributed by atoms with Crippen molar-refractivity contribution in [3.05, 3.63) is 63.5 Å². The number of aromatic nitrogens is 1. The van der Waals surface area contributed by atoms with Crippen molar-refractivity contribution in [1.82, 2.24) is 4.98 Å². The van der Waals surface area contributed by atoms with Crippen LogP contribution in [-0.2, 0) is 4.79 Å². The summed E-state index contributed by atoms with van der Waals surface area (Å²) in [5, 5.41) is 3.44. The fraction of sp³-hybridized carbons (Fsp3) is 0.273. The van der Waals surface area contributed by atoms with Gasteiger partial charge in [-0.3, -0.25) is 10.1 Å². The van der Waals surface area contributed by atoms with Crippen molar-refractivity contribution in [2.75, 3.05) is 11.9 Å². The van der Waals surface area contributed by atoms with Gasteiger partial charge in [0.25, 0.3) is 5.91 Å². The van der Waals surface area contributed by atoms with Gasteiger partial charge in [-0.25, -0.2) is 4.98 Å². The number of carbonyl (C=O) groups excluding carboxylic acids is 1. The Labute approximate surface area is 164 Å². The number of nitrogens with one attached hydrogen (secondary N) is 1. The number of amides is 1. The highest BCUT2D eigenvalue weighted by atomic mass is 32.1. The van der Waals surface area contributed by atoms with E-state index < -0.39 is 0 Å². The number of hydrogen-bond acceptors (Lipinski definition) is 4. The monoisotopic (exact) mass is 380 g/mol. The van der Waals surface area contributed by atoms with E-state index in [0.717, 1.165) is 33.0 Å². The second-order valence-electron chi connectivity index (χ2n) is 6.76. The van der Waals surface area contributed by atoms with Crippen LogP contribution < -0.4 is 10.1 Å². The number of ether oxygens (including phenoxy) is 1. The first-order chi connectivity index (χ1) is 12.8. The van der Waals surface area contributed by atoms with Crippen LogP contribution in [0.15, 0.2) is 36.4 Å². The molecule has 0 aliphatic heterocycles. The van der Waals surface area contributed by atoms with Crippen LogP contribution in [0.5, 0.6) is 5.75 Å². The molecule has 0 fully saturated rings. The number of rotatable bonds is 5. The van der Waals surface area contributed by atoms with Gasteiger partial charge in [0.2, 0.25) is 0 Å². The standard InChI is InChI=1S/C22H24N2O2S/c1-13-9-10-18(11-15(13)3)21-17(5)27-22(24-21)23-20(25)12-26-19-8-6-7-14(2)16(19)4/h6-11H,12H2,1-5H3,(H,23,24,25). The Hall–Kier alpha value is -2.66. The molecule has 140 valence electrons. The Morgan fingerprint density at radius 1 is 1.04 bits per heavy atom. The molecule has 4 nitrogen and oxygen atoms in total. The van der Waals surface area contributed by atoms with E-state index in [1.165, 1.54) is 22.5 Å². The molecule has 1 N–H and O–H groups in total. The Bertz CT molecular complexity index is 992. The van der Waals surface area contributed by atoms with Crippen molar-refractivity contribution in [3.63, 3.8) is 0 Å². The van der Waals surface area contributed by atoms with Gasteiger partial charge in [0.1, 0.15) is 5.75 Å². The largest absolute Gasteiger partial charge is 0.483 e. The molecule has 1 amide bonds. The summed E-state index contributed by atoms with van der Waals surface area (Å²) in [5.74, 6) is 0.521. The summed E-state index contributed by atoms with van der Waals surface area (Å²) in [5.41, 5.74) is 6.65. The molecule has 0 aliphatic carbocycles. The SMILES string of the molecule is Cc1ccc(-c2nc(NC(=O)COc3cccc(C)c3C)sc2C)cc1C. The van der Waals surface area contributed by atoms with Crippen molar-refractivity contribution in [2.45, 2.75) is 34.6 Å². The lowest BCUT2D eigenvalue weighted by atomic mass is 10.0. The van der Waals surface area contributed by atoms with Gasteiger partial charge in [-0.1, -0.05) is 24.3 Å². The van der Waals surface area contributed by atoms with E-state index in [-0.39, 0.29) is 12.5 Å². The minimum absolute atomic E-state index is 0.0398. The highest BCUT2D eigenvalue weighted by molar-refractivity contribution is 7.16. The van der Waals surface area contributed by atoms with Crippen molar-refractivity contribution >= 4 is 22.4 Å². The topological polar surface area (TPSA) is 51.2 Å². The van der Waals surface area contributed by atoms with Crippen molar-refractivity contribution < 1.29 is 9.53 Å². The van der Waals surface area contributed by atoms with E-state index in [1.807, 2.05) is 39.0 Å². The molecule has 1 heterocycles. The lowest BCUT2D eigenvalue weighted by Gasteiger charge is -2.10. The summed E-state index contributed by atoms with van der Waals surface area (Å²) in [6.45, 7) is 10.2. The van der Waals surface area contributed by atoms with Crippen LogP contribution in [0.4, 0.5) is 5.13 Å². The Morgan fingerprint density at radius 2 is 1.81 bits per heavy atom. The van der Waals surface area contributed by atoms with Gasteiger partial charge in [-0.05, 0) is 69.0 Å². The van der Waals surface area contributed by atoms with Crippen LogP contribution in [0.1, 0.15) is 27.1 Å².